The highest BCUT2D eigenvalue weighted by Gasteiger charge is 2.27. The zero-order valence-electron chi connectivity index (χ0n) is 28.6. The van der Waals surface area contributed by atoms with Gasteiger partial charge in [-0.1, -0.05) is 164 Å². The summed E-state index contributed by atoms with van der Waals surface area (Å²) >= 11 is 0. The van der Waals surface area contributed by atoms with Crippen LogP contribution in [0.1, 0.15) is 5.48 Å². The molecule has 0 radical (unpaired) electrons. The van der Waals surface area contributed by atoms with E-state index in [0.717, 1.165) is 55.3 Å². The fourth-order valence-corrected chi connectivity index (χ4v) is 6.47. The van der Waals surface area contributed by atoms with Gasteiger partial charge in [0.05, 0.1) is 5.48 Å². The summed E-state index contributed by atoms with van der Waals surface area (Å²) in [6.07, 6.45) is 0. The Hall–Kier alpha value is -6.19. The Morgan fingerprint density at radius 2 is 0.739 bits per heavy atom. The summed E-state index contributed by atoms with van der Waals surface area (Å²) in [6, 6.07) is 45.0. The lowest BCUT2D eigenvalue weighted by molar-refractivity contribution is 1.07. The van der Waals surface area contributed by atoms with E-state index < -0.39 is 0 Å². The number of hydrogen-bond donors (Lipinski definition) is 0. The SMILES string of the molecule is [2H]c1c([2H])c(-c2ccc(-c3ccccc3)c3c2-c2cccc4cccc-3c24)c([2H])c([2H])c1-c1nc(-c2ccccc2)nc(-c2ccccc2)n1. The summed E-state index contributed by atoms with van der Waals surface area (Å²) in [5, 5.41) is 2.22. The van der Waals surface area contributed by atoms with Gasteiger partial charge in [0.1, 0.15) is 0 Å². The van der Waals surface area contributed by atoms with E-state index >= 15 is 0 Å². The lowest BCUT2D eigenvalue weighted by Gasteiger charge is -2.16. The monoisotopic (exact) mass is 589 g/mol. The number of rotatable bonds is 5. The van der Waals surface area contributed by atoms with E-state index in [1.807, 2.05) is 97.1 Å². The van der Waals surface area contributed by atoms with Gasteiger partial charge in [0.2, 0.25) is 0 Å². The molecule has 1 aromatic heterocycles. The lowest BCUT2D eigenvalue weighted by atomic mass is 9.87. The molecule has 0 atom stereocenters. The van der Waals surface area contributed by atoms with Crippen molar-refractivity contribution in [2.45, 2.75) is 0 Å². The molecule has 0 N–H and O–H groups in total. The van der Waals surface area contributed by atoms with Crippen LogP contribution in [0.15, 0.2) is 164 Å². The molecule has 0 spiro atoms. The normalized spacial score (nSPS) is 12.7. The molecular formula is C43H27N3. The summed E-state index contributed by atoms with van der Waals surface area (Å²) in [4.78, 5) is 14.2. The first kappa shape index (κ1) is 22.3. The van der Waals surface area contributed by atoms with Crippen LogP contribution in [-0.4, -0.2) is 15.0 Å². The van der Waals surface area contributed by atoms with Gasteiger partial charge in [-0.3, -0.25) is 0 Å². The third kappa shape index (κ3) is 4.33. The molecule has 3 heteroatoms. The van der Waals surface area contributed by atoms with Gasteiger partial charge in [-0.2, -0.15) is 0 Å². The zero-order chi connectivity index (χ0) is 33.9. The van der Waals surface area contributed by atoms with Crippen LogP contribution in [0.5, 0.6) is 0 Å². The minimum absolute atomic E-state index is 0.0310. The Morgan fingerprint density at radius 1 is 0.326 bits per heavy atom. The van der Waals surface area contributed by atoms with Crippen molar-refractivity contribution in [3.05, 3.63) is 164 Å². The Kier molecular flexibility index (Phi) is 5.22. The molecule has 3 nitrogen and oxygen atoms in total. The van der Waals surface area contributed by atoms with Crippen molar-refractivity contribution in [1.82, 2.24) is 15.0 Å². The van der Waals surface area contributed by atoms with E-state index in [9.17, 15) is 5.48 Å². The van der Waals surface area contributed by atoms with Crippen molar-refractivity contribution in [1.29, 1.82) is 0 Å². The van der Waals surface area contributed by atoms with Gasteiger partial charge in [-0.15, -0.1) is 0 Å². The maximum atomic E-state index is 9.42. The van der Waals surface area contributed by atoms with Gasteiger partial charge in [0.25, 0.3) is 0 Å². The second-order valence-electron chi connectivity index (χ2n) is 11.3. The zero-order valence-corrected chi connectivity index (χ0v) is 24.6. The molecule has 0 saturated heterocycles. The fraction of sp³-hybridized carbons (Fsp3) is 0. The number of hydrogen-bond acceptors (Lipinski definition) is 3. The van der Waals surface area contributed by atoms with E-state index in [4.69, 9.17) is 15.0 Å². The second-order valence-corrected chi connectivity index (χ2v) is 11.3. The largest absolute Gasteiger partial charge is 0.208 e. The average molecular weight is 590 g/mol. The van der Waals surface area contributed by atoms with Crippen molar-refractivity contribution < 1.29 is 5.48 Å². The van der Waals surface area contributed by atoms with Gasteiger partial charge in [0, 0.05) is 16.7 Å². The molecule has 0 amide bonds. The first-order valence-corrected chi connectivity index (χ1v) is 15.2. The van der Waals surface area contributed by atoms with Crippen LogP contribution in [0, 0.1) is 0 Å². The Bertz CT molecular complexity index is 2530. The van der Waals surface area contributed by atoms with Crippen molar-refractivity contribution in [3.63, 3.8) is 0 Å². The fourth-order valence-electron chi connectivity index (χ4n) is 6.47. The average Bonchev–Trinajstić information content (AvgIpc) is 3.51. The molecule has 1 aliphatic carbocycles. The quantitative estimate of drug-likeness (QED) is 0.200. The Morgan fingerprint density at radius 3 is 1.24 bits per heavy atom. The Labute approximate surface area is 273 Å². The number of aromatic nitrogens is 3. The second kappa shape index (κ2) is 10.8. The molecule has 1 heterocycles. The van der Waals surface area contributed by atoms with E-state index in [0.29, 0.717) is 17.2 Å². The number of benzene rings is 7. The van der Waals surface area contributed by atoms with Gasteiger partial charge in [-0.25, -0.2) is 15.0 Å². The molecule has 9 rings (SSSR count). The van der Waals surface area contributed by atoms with Crippen LogP contribution in [0.3, 0.4) is 0 Å². The van der Waals surface area contributed by atoms with E-state index in [1.54, 1.807) is 0 Å². The summed E-state index contributed by atoms with van der Waals surface area (Å²) in [6.45, 7) is 0. The van der Waals surface area contributed by atoms with Crippen LogP contribution in [-0.2, 0) is 0 Å². The summed E-state index contributed by atoms with van der Waals surface area (Å²) in [7, 11) is 0. The van der Waals surface area contributed by atoms with Crippen molar-refractivity contribution in [3.8, 4) is 78.7 Å². The minimum atomic E-state index is -0.208. The molecule has 0 fully saturated rings. The highest BCUT2D eigenvalue weighted by atomic mass is 15.0. The van der Waals surface area contributed by atoms with E-state index in [-0.39, 0.29) is 41.1 Å². The van der Waals surface area contributed by atoms with Crippen LogP contribution < -0.4 is 0 Å². The molecule has 214 valence electrons. The van der Waals surface area contributed by atoms with Crippen molar-refractivity contribution in [2.24, 2.45) is 0 Å². The standard InChI is InChI=1S/C43H27N3/c1-4-12-28(13-5-1)34-26-27-35(40-37-21-11-19-30-18-10-20-36(38(30)37)39(34)40)29-22-24-33(25-23-29)43-45-41(31-14-6-2-7-15-31)44-42(46-43)32-16-8-3-9-17-32/h1-27H/i22D,23D,24D,25D. The topological polar surface area (TPSA) is 38.7 Å². The molecule has 7 aromatic carbocycles. The maximum absolute atomic E-state index is 9.42. The molecule has 8 aromatic rings. The molecular weight excluding hydrogens is 558 g/mol. The van der Waals surface area contributed by atoms with E-state index in [1.165, 1.54) is 0 Å². The maximum Gasteiger partial charge on any atom is 0.164 e. The molecule has 46 heavy (non-hydrogen) atoms. The smallest absolute Gasteiger partial charge is 0.164 e. The summed E-state index contributed by atoms with van der Waals surface area (Å²) in [5.41, 5.74) is 8.58. The molecule has 0 unspecified atom stereocenters. The molecule has 0 bridgehead atoms. The summed E-state index contributed by atoms with van der Waals surface area (Å²) < 4.78 is 37.5. The van der Waals surface area contributed by atoms with Gasteiger partial charge < -0.3 is 0 Å². The van der Waals surface area contributed by atoms with Gasteiger partial charge in [-0.05, 0) is 55.3 Å². The first-order valence-electron chi connectivity index (χ1n) is 17.2. The van der Waals surface area contributed by atoms with E-state index in [2.05, 4.69) is 42.5 Å². The van der Waals surface area contributed by atoms with Crippen LogP contribution in [0.25, 0.3) is 89.4 Å². The molecule has 0 aliphatic heterocycles. The molecule has 1 aliphatic rings. The predicted molar refractivity (Wildman–Crippen MR) is 189 cm³/mol. The highest BCUT2D eigenvalue weighted by Crippen LogP contribution is 2.54. The van der Waals surface area contributed by atoms with Crippen LogP contribution in [0.4, 0.5) is 0 Å². The lowest BCUT2D eigenvalue weighted by Crippen LogP contribution is -2.00. The highest BCUT2D eigenvalue weighted by molar-refractivity contribution is 6.20. The van der Waals surface area contributed by atoms with Gasteiger partial charge >= 0.3 is 0 Å². The van der Waals surface area contributed by atoms with Crippen LogP contribution in [0.2, 0.25) is 0 Å². The molecule has 0 saturated carbocycles. The first-order chi connectivity index (χ1) is 24.5. The minimum Gasteiger partial charge on any atom is -0.208 e. The van der Waals surface area contributed by atoms with Crippen molar-refractivity contribution in [2.75, 3.05) is 0 Å². The van der Waals surface area contributed by atoms with Crippen molar-refractivity contribution >= 4 is 10.8 Å². The predicted octanol–water partition coefficient (Wildman–Crippen LogP) is 11.0. The van der Waals surface area contributed by atoms with Gasteiger partial charge in [0.15, 0.2) is 17.5 Å². The number of fused-ring (bicyclic) bond motifs is 3. The Balaban J connectivity index is 1.30. The third-order valence-electron chi connectivity index (χ3n) is 8.55. The summed E-state index contributed by atoms with van der Waals surface area (Å²) in [5.74, 6) is 0.856. The third-order valence-corrected chi connectivity index (χ3v) is 8.55. The number of nitrogens with zero attached hydrogens (tertiary/aromatic N) is 3. The van der Waals surface area contributed by atoms with Crippen LogP contribution >= 0.6 is 0 Å².